The van der Waals surface area contributed by atoms with Crippen molar-refractivity contribution in [3.05, 3.63) is 23.8 Å². The second-order valence-electron chi connectivity index (χ2n) is 4.65. The van der Waals surface area contributed by atoms with Crippen molar-refractivity contribution in [2.45, 2.75) is 13.0 Å². The maximum absolute atomic E-state index is 12.0. The smallest absolute Gasteiger partial charge is 0.242 e. The molecule has 5 heteroatoms. The molecule has 1 saturated heterocycles. The van der Waals surface area contributed by atoms with Gasteiger partial charge in [-0.2, -0.15) is 0 Å². The number of nitrogens with zero attached hydrogens (tertiary/aromatic N) is 1. The number of amides is 1. The highest BCUT2D eigenvalue weighted by molar-refractivity contribution is 7.99. The van der Waals surface area contributed by atoms with Crippen molar-refractivity contribution in [3.8, 4) is 0 Å². The number of hydrogen-bond acceptors (Lipinski definition) is 4. The summed E-state index contributed by atoms with van der Waals surface area (Å²) in [6.07, 6.45) is 0. The van der Waals surface area contributed by atoms with Gasteiger partial charge in [-0.1, -0.05) is 0 Å². The Morgan fingerprint density at radius 2 is 2.28 bits per heavy atom. The molecule has 0 aliphatic carbocycles. The number of rotatable bonds is 3. The summed E-state index contributed by atoms with van der Waals surface area (Å²) in [5, 5.41) is 6.15. The van der Waals surface area contributed by atoms with Gasteiger partial charge in [0.05, 0.1) is 6.04 Å². The van der Waals surface area contributed by atoms with Gasteiger partial charge in [0, 0.05) is 37.1 Å². The Morgan fingerprint density at radius 3 is 2.83 bits per heavy atom. The fraction of sp³-hybridized carbons (Fsp3) is 0.462. The second-order valence-corrected chi connectivity index (χ2v) is 5.68. The minimum atomic E-state index is -0.0667. The monoisotopic (exact) mass is 265 g/mol. The molecule has 2 N–H and O–H groups in total. The molecule has 98 valence electrons. The molecule has 4 nitrogen and oxygen atoms in total. The molecule has 0 saturated carbocycles. The van der Waals surface area contributed by atoms with Crippen LogP contribution in [0, 0.1) is 6.92 Å². The number of hydrogen-bond donors (Lipinski definition) is 2. The average Bonchev–Trinajstić information content (AvgIpc) is 2.85. The number of carbonyl (C=O) groups is 1. The van der Waals surface area contributed by atoms with Crippen molar-refractivity contribution in [3.63, 3.8) is 0 Å². The quantitative estimate of drug-likeness (QED) is 0.872. The Morgan fingerprint density at radius 1 is 1.50 bits per heavy atom. The van der Waals surface area contributed by atoms with Gasteiger partial charge in [-0.3, -0.25) is 10.1 Å². The zero-order valence-electron chi connectivity index (χ0n) is 11.0. The van der Waals surface area contributed by atoms with Crippen molar-refractivity contribution in [2.24, 2.45) is 0 Å². The van der Waals surface area contributed by atoms with Crippen molar-refractivity contribution >= 4 is 29.0 Å². The molecule has 0 radical (unpaired) electrons. The lowest BCUT2D eigenvalue weighted by molar-refractivity contribution is -0.117. The topological polar surface area (TPSA) is 44.4 Å². The van der Waals surface area contributed by atoms with Crippen LogP contribution in [0.3, 0.4) is 0 Å². The van der Waals surface area contributed by atoms with Crippen LogP contribution in [0.5, 0.6) is 0 Å². The van der Waals surface area contributed by atoms with Crippen molar-refractivity contribution in [2.75, 3.05) is 35.9 Å². The van der Waals surface area contributed by atoms with E-state index in [1.165, 1.54) is 0 Å². The molecule has 1 amide bonds. The van der Waals surface area contributed by atoms with Gasteiger partial charge in [-0.05, 0) is 30.7 Å². The summed E-state index contributed by atoms with van der Waals surface area (Å²) in [4.78, 5) is 14.0. The first-order valence-corrected chi connectivity index (χ1v) is 7.13. The van der Waals surface area contributed by atoms with Gasteiger partial charge in [0.15, 0.2) is 0 Å². The Labute approximate surface area is 112 Å². The molecule has 1 unspecified atom stereocenters. The second kappa shape index (κ2) is 5.63. The minimum absolute atomic E-state index is 0.0562. The maximum Gasteiger partial charge on any atom is 0.242 e. The van der Waals surface area contributed by atoms with Crippen molar-refractivity contribution in [1.82, 2.24) is 5.32 Å². The van der Waals surface area contributed by atoms with E-state index in [0.717, 1.165) is 28.6 Å². The molecule has 1 heterocycles. The van der Waals surface area contributed by atoms with Crippen LogP contribution < -0.4 is 15.5 Å². The number of aryl methyl sites for hydroxylation is 1. The summed E-state index contributed by atoms with van der Waals surface area (Å²) in [7, 11) is 4.01. The van der Waals surface area contributed by atoms with E-state index in [0.29, 0.717) is 0 Å². The predicted octanol–water partition coefficient (Wildman–Crippen LogP) is 1.66. The zero-order valence-corrected chi connectivity index (χ0v) is 11.8. The average molecular weight is 265 g/mol. The third kappa shape index (κ3) is 2.97. The van der Waals surface area contributed by atoms with Gasteiger partial charge in [-0.15, -0.1) is 11.8 Å². The highest BCUT2D eigenvalue weighted by Gasteiger charge is 2.22. The molecule has 0 aromatic heterocycles. The Hall–Kier alpha value is -1.20. The molecular formula is C13H19N3OS. The Balaban J connectivity index is 2.07. The van der Waals surface area contributed by atoms with Crippen LogP contribution in [0.15, 0.2) is 18.2 Å². The lowest BCUT2D eigenvalue weighted by atomic mass is 10.1. The van der Waals surface area contributed by atoms with Crippen LogP contribution in [0.1, 0.15) is 5.56 Å². The third-order valence-electron chi connectivity index (χ3n) is 3.02. The standard InChI is InChI=1S/C13H19N3OS/c1-9-6-10(16(2)3)4-5-11(9)15-13(17)12-7-18-8-14-12/h4-6,12,14H,7-8H2,1-3H3,(H,15,17). The van der Waals surface area contributed by atoms with E-state index >= 15 is 0 Å². The zero-order chi connectivity index (χ0) is 13.1. The van der Waals surface area contributed by atoms with Gasteiger partial charge in [0.1, 0.15) is 0 Å². The van der Waals surface area contributed by atoms with Crippen LogP contribution in [0.2, 0.25) is 0 Å². The van der Waals surface area contributed by atoms with Crippen molar-refractivity contribution < 1.29 is 4.79 Å². The molecule has 1 atom stereocenters. The summed E-state index contributed by atoms with van der Waals surface area (Å²) in [5.41, 5.74) is 3.12. The van der Waals surface area contributed by atoms with Gasteiger partial charge in [0.2, 0.25) is 5.91 Å². The third-order valence-corrected chi connectivity index (χ3v) is 3.96. The van der Waals surface area contributed by atoms with E-state index in [1.807, 2.05) is 38.1 Å². The van der Waals surface area contributed by atoms with Crippen LogP contribution in [-0.4, -0.2) is 37.7 Å². The normalized spacial score (nSPS) is 18.7. The molecule has 0 bridgehead atoms. The van der Waals surface area contributed by atoms with Crippen LogP contribution in [-0.2, 0) is 4.79 Å². The minimum Gasteiger partial charge on any atom is -0.378 e. The van der Waals surface area contributed by atoms with E-state index < -0.39 is 0 Å². The Bertz CT molecular complexity index is 442. The molecule has 1 aromatic carbocycles. The number of anilines is 2. The number of carbonyl (C=O) groups excluding carboxylic acids is 1. The lowest BCUT2D eigenvalue weighted by Crippen LogP contribution is -2.37. The lowest BCUT2D eigenvalue weighted by Gasteiger charge is -2.16. The SMILES string of the molecule is Cc1cc(N(C)C)ccc1NC(=O)C1CSCN1. The summed E-state index contributed by atoms with van der Waals surface area (Å²) < 4.78 is 0. The predicted molar refractivity (Wildman–Crippen MR) is 78.4 cm³/mol. The number of nitrogens with one attached hydrogen (secondary N) is 2. The fourth-order valence-corrected chi connectivity index (χ4v) is 2.79. The molecule has 0 spiro atoms. The first kappa shape index (κ1) is 13.2. The molecule has 2 rings (SSSR count). The van der Waals surface area contributed by atoms with Crippen LogP contribution >= 0.6 is 11.8 Å². The highest BCUT2D eigenvalue weighted by atomic mass is 32.2. The molecule has 1 aliphatic rings. The summed E-state index contributed by atoms with van der Waals surface area (Å²) in [6, 6.07) is 5.99. The summed E-state index contributed by atoms with van der Waals surface area (Å²) in [6.45, 7) is 2.01. The van der Waals surface area contributed by atoms with Crippen molar-refractivity contribution in [1.29, 1.82) is 0 Å². The van der Waals surface area contributed by atoms with Crippen LogP contribution in [0.25, 0.3) is 0 Å². The Kier molecular flexibility index (Phi) is 4.14. The van der Waals surface area contributed by atoms with Gasteiger partial charge >= 0.3 is 0 Å². The maximum atomic E-state index is 12.0. The van der Waals surface area contributed by atoms with E-state index in [2.05, 4.69) is 16.7 Å². The van der Waals surface area contributed by atoms with Gasteiger partial charge < -0.3 is 10.2 Å². The first-order chi connectivity index (χ1) is 8.58. The molecular weight excluding hydrogens is 246 g/mol. The number of benzene rings is 1. The first-order valence-electron chi connectivity index (χ1n) is 5.98. The van der Waals surface area contributed by atoms with Crippen LogP contribution in [0.4, 0.5) is 11.4 Å². The molecule has 18 heavy (non-hydrogen) atoms. The fourth-order valence-electron chi connectivity index (χ4n) is 1.85. The summed E-state index contributed by atoms with van der Waals surface area (Å²) in [5.74, 6) is 1.76. The van der Waals surface area contributed by atoms with E-state index in [1.54, 1.807) is 11.8 Å². The molecule has 1 aromatic rings. The molecule has 1 fully saturated rings. The van der Waals surface area contributed by atoms with E-state index in [4.69, 9.17) is 0 Å². The highest BCUT2D eigenvalue weighted by Crippen LogP contribution is 2.22. The van der Waals surface area contributed by atoms with E-state index in [9.17, 15) is 4.79 Å². The summed E-state index contributed by atoms with van der Waals surface area (Å²) >= 11 is 1.75. The largest absolute Gasteiger partial charge is 0.378 e. The van der Waals surface area contributed by atoms with E-state index in [-0.39, 0.29) is 11.9 Å². The van der Waals surface area contributed by atoms with Gasteiger partial charge in [0.25, 0.3) is 0 Å². The molecule has 1 aliphatic heterocycles. The number of thioether (sulfide) groups is 1. The van der Waals surface area contributed by atoms with Gasteiger partial charge in [-0.25, -0.2) is 0 Å².